The van der Waals surface area contributed by atoms with E-state index in [1.54, 1.807) is 25.3 Å². The molecule has 0 amide bonds. The summed E-state index contributed by atoms with van der Waals surface area (Å²) in [5, 5.41) is -0.0368. The van der Waals surface area contributed by atoms with Crippen molar-refractivity contribution in [3.8, 4) is 17.2 Å². The number of ether oxygens (including phenoxy) is 3. The zero-order valence-corrected chi connectivity index (χ0v) is 17.1. The topological polar surface area (TPSA) is 65.1 Å². The monoisotopic (exact) mass is 419 g/mol. The molecule has 0 saturated heterocycles. The van der Waals surface area contributed by atoms with Crippen LogP contribution in [0.5, 0.6) is 17.2 Å². The Morgan fingerprint density at radius 1 is 0.923 bits per heavy atom. The van der Waals surface area contributed by atoms with E-state index in [-0.39, 0.29) is 21.5 Å². The molecule has 0 radical (unpaired) electrons. The molecule has 0 aromatic heterocycles. The molecule has 0 aliphatic rings. The number of rotatable bonds is 7. The maximum Gasteiger partial charge on any atom is 0.244 e. The van der Waals surface area contributed by atoms with Crippen LogP contribution in [0.4, 0.5) is 0 Å². The molecule has 0 saturated carbocycles. The van der Waals surface area contributed by atoms with E-state index in [9.17, 15) is 8.42 Å². The fraction of sp³-hybridized carbons (Fsp3) is 0.294. The molecule has 2 rings (SSSR count). The third-order valence-electron chi connectivity index (χ3n) is 3.81. The molecule has 0 fully saturated rings. The molecule has 0 N–H and O–H groups in total. The number of hydrogen-bond acceptors (Lipinski definition) is 5. The zero-order chi connectivity index (χ0) is 19.5. The fourth-order valence-electron chi connectivity index (χ4n) is 2.35. The van der Waals surface area contributed by atoms with Gasteiger partial charge in [-0.25, -0.2) is 8.42 Å². The van der Waals surface area contributed by atoms with Gasteiger partial charge in [0.2, 0.25) is 10.0 Å². The standard InChI is InChI=1S/C17H19Cl2NO5S/c1-20(10-11-5-6-12(23-2)9-14(11)25-4)26(21,22)15-8-7-13(24-3)16(18)17(15)19/h5-9H,10H2,1-4H3. The highest BCUT2D eigenvalue weighted by molar-refractivity contribution is 7.89. The Bertz CT molecular complexity index is 902. The van der Waals surface area contributed by atoms with Crippen molar-refractivity contribution < 1.29 is 22.6 Å². The Labute approximate surface area is 163 Å². The number of hydrogen-bond donors (Lipinski definition) is 0. The van der Waals surface area contributed by atoms with Crippen LogP contribution in [-0.4, -0.2) is 41.1 Å². The van der Waals surface area contributed by atoms with Crippen LogP contribution in [0, 0.1) is 0 Å². The normalized spacial score (nSPS) is 11.5. The summed E-state index contributed by atoms with van der Waals surface area (Å²) in [6.45, 7) is 0.0788. The third kappa shape index (κ3) is 4.01. The highest BCUT2D eigenvalue weighted by Crippen LogP contribution is 2.38. The van der Waals surface area contributed by atoms with Crippen LogP contribution in [0.2, 0.25) is 10.0 Å². The van der Waals surface area contributed by atoms with Gasteiger partial charge in [-0.1, -0.05) is 29.3 Å². The Morgan fingerprint density at radius 2 is 1.58 bits per heavy atom. The van der Waals surface area contributed by atoms with Crippen LogP contribution in [0.1, 0.15) is 5.56 Å². The number of halogens is 2. The molecule has 26 heavy (non-hydrogen) atoms. The van der Waals surface area contributed by atoms with E-state index in [4.69, 9.17) is 37.4 Å². The number of nitrogens with zero attached hydrogens (tertiary/aromatic N) is 1. The number of methoxy groups -OCH3 is 3. The van der Waals surface area contributed by atoms with Gasteiger partial charge in [-0.05, 0) is 18.2 Å². The van der Waals surface area contributed by atoms with Gasteiger partial charge in [0.1, 0.15) is 27.2 Å². The summed E-state index contributed by atoms with van der Waals surface area (Å²) in [6, 6.07) is 7.99. The second-order valence-corrected chi connectivity index (χ2v) is 8.10. The first-order chi connectivity index (χ1) is 12.3. The van der Waals surface area contributed by atoms with Gasteiger partial charge in [0, 0.05) is 25.2 Å². The quantitative estimate of drug-likeness (QED) is 0.681. The van der Waals surface area contributed by atoms with E-state index in [1.807, 2.05) is 0 Å². The molecule has 9 heteroatoms. The SMILES string of the molecule is COc1ccc(CN(C)S(=O)(=O)c2ccc(OC)c(Cl)c2Cl)c(OC)c1. The molecule has 2 aromatic carbocycles. The first-order valence-electron chi connectivity index (χ1n) is 7.45. The van der Waals surface area contributed by atoms with Crippen LogP contribution in [0.25, 0.3) is 0 Å². The first-order valence-corrected chi connectivity index (χ1v) is 9.65. The maximum absolute atomic E-state index is 12.9. The average molecular weight is 420 g/mol. The third-order valence-corrected chi connectivity index (χ3v) is 6.63. The Balaban J connectivity index is 2.38. The van der Waals surface area contributed by atoms with E-state index in [1.165, 1.54) is 37.7 Å². The molecule has 0 aliphatic heterocycles. The van der Waals surface area contributed by atoms with Crippen molar-refractivity contribution in [1.29, 1.82) is 0 Å². The van der Waals surface area contributed by atoms with Crippen LogP contribution < -0.4 is 14.2 Å². The van der Waals surface area contributed by atoms with Crippen molar-refractivity contribution in [2.45, 2.75) is 11.4 Å². The van der Waals surface area contributed by atoms with E-state index >= 15 is 0 Å². The van der Waals surface area contributed by atoms with Crippen LogP contribution >= 0.6 is 23.2 Å². The lowest BCUT2D eigenvalue weighted by Gasteiger charge is -2.20. The van der Waals surface area contributed by atoms with Crippen LogP contribution in [0.3, 0.4) is 0 Å². The van der Waals surface area contributed by atoms with Gasteiger partial charge in [0.25, 0.3) is 0 Å². The van der Waals surface area contributed by atoms with E-state index in [0.717, 1.165) is 0 Å². The maximum atomic E-state index is 12.9. The minimum Gasteiger partial charge on any atom is -0.497 e. The van der Waals surface area contributed by atoms with Gasteiger partial charge in [0.15, 0.2) is 0 Å². The second-order valence-electron chi connectivity index (χ2n) is 5.33. The predicted molar refractivity (Wildman–Crippen MR) is 101 cm³/mol. The molecule has 0 heterocycles. The van der Waals surface area contributed by atoms with E-state index in [2.05, 4.69) is 0 Å². The lowest BCUT2D eigenvalue weighted by Crippen LogP contribution is -2.27. The van der Waals surface area contributed by atoms with Gasteiger partial charge in [-0.2, -0.15) is 4.31 Å². The summed E-state index contributed by atoms with van der Waals surface area (Å²) in [7, 11) is 2.04. The van der Waals surface area contributed by atoms with E-state index in [0.29, 0.717) is 22.8 Å². The molecule has 0 unspecified atom stereocenters. The van der Waals surface area contributed by atoms with Crippen LogP contribution in [0.15, 0.2) is 35.2 Å². The minimum absolute atomic E-state index is 0.0469. The Hall–Kier alpha value is -1.67. The fourth-order valence-corrected chi connectivity index (χ4v) is 4.31. The Kier molecular flexibility index (Phi) is 6.63. The van der Waals surface area contributed by atoms with E-state index < -0.39 is 10.0 Å². The van der Waals surface area contributed by atoms with Gasteiger partial charge < -0.3 is 14.2 Å². The van der Waals surface area contributed by atoms with Gasteiger partial charge in [-0.3, -0.25) is 0 Å². The minimum atomic E-state index is -3.88. The summed E-state index contributed by atoms with van der Waals surface area (Å²) < 4.78 is 42.5. The number of benzene rings is 2. The first kappa shape index (κ1) is 20.6. The number of sulfonamides is 1. The summed E-state index contributed by atoms with van der Waals surface area (Å²) >= 11 is 12.2. The van der Waals surface area contributed by atoms with Crippen molar-refractivity contribution in [2.24, 2.45) is 0 Å². The van der Waals surface area contributed by atoms with Crippen molar-refractivity contribution in [1.82, 2.24) is 4.31 Å². The summed E-state index contributed by atoms with van der Waals surface area (Å²) in [4.78, 5) is -0.0973. The summed E-state index contributed by atoms with van der Waals surface area (Å²) in [5.74, 6) is 1.43. The molecule has 142 valence electrons. The molecular formula is C17H19Cl2NO5S. The lowest BCUT2D eigenvalue weighted by atomic mass is 10.2. The van der Waals surface area contributed by atoms with Crippen molar-refractivity contribution in [3.63, 3.8) is 0 Å². The molecule has 6 nitrogen and oxygen atoms in total. The molecular weight excluding hydrogens is 401 g/mol. The van der Waals surface area contributed by atoms with Gasteiger partial charge in [0.05, 0.1) is 26.4 Å². The predicted octanol–water partition coefficient (Wildman–Crippen LogP) is 3.84. The van der Waals surface area contributed by atoms with Crippen molar-refractivity contribution in [2.75, 3.05) is 28.4 Å². The van der Waals surface area contributed by atoms with Crippen LogP contribution in [-0.2, 0) is 16.6 Å². The molecule has 0 spiro atoms. The highest BCUT2D eigenvalue weighted by atomic mass is 35.5. The molecule has 0 bridgehead atoms. The molecule has 2 aromatic rings. The largest absolute Gasteiger partial charge is 0.497 e. The smallest absolute Gasteiger partial charge is 0.244 e. The summed E-state index contributed by atoms with van der Waals surface area (Å²) in [6.07, 6.45) is 0. The zero-order valence-electron chi connectivity index (χ0n) is 14.7. The highest BCUT2D eigenvalue weighted by Gasteiger charge is 2.27. The van der Waals surface area contributed by atoms with Crippen molar-refractivity contribution in [3.05, 3.63) is 45.9 Å². The van der Waals surface area contributed by atoms with Crippen molar-refractivity contribution >= 4 is 33.2 Å². The summed E-state index contributed by atoms with van der Waals surface area (Å²) in [5.41, 5.74) is 0.676. The average Bonchev–Trinajstić information content (AvgIpc) is 2.63. The Morgan fingerprint density at radius 3 is 2.15 bits per heavy atom. The lowest BCUT2D eigenvalue weighted by molar-refractivity contribution is 0.384. The van der Waals surface area contributed by atoms with Gasteiger partial charge >= 0.3 is 0 Å². The molecule has 0 aliphatic carbocycles. The molecule has 0 atom stereocenters. The second kappa shape index (κ2) is 8.35. The van der Waals surface area contributed by atoms with Gasteiger partial charge in [-0.15, -0.1) is 0 Å².